The summed E-state index contributed by atoms with van der Waals surface area (Å²) in [5.74, 6) is -3.29. The third-order valence-electron chi connectivity index (χ3n) is 4.02. The van der Waals surface area contributed by atoms with Crippen molar-refractivity contribution < 1.29 is 19.8 Å². The number of aliphatic carboxylic acids is 2. The van der Waals surface area contributed by atoms with Gasteiger partial charge in [-0.25, -0.2) is 0 Å². The molecule has 0 radical (unpaired) electrons. The van der Waals surface area contributed by atoms with E-state index in [1.807, 2.05) is 6.92 Å². The molecule has 0 aromatic carbocycles. The van der Waals surface area contributed by atoms with Crippen molar-refractivity contribution in [1.82, 2.24) is 0 Å². The van der Waals surface area contributed by atoms with Gasteiger partial charge in [0.15, 0.2) is 5.92 Å². The lowest BCUT2D eigenvalue weighted by Gasteiger charge is -2.28. The van der Waals surface area contributed by atoms with Gasteiger partial charge in [0, 0.05) is 0 Å². The normalized spacial score (nSPS) is 18.8. The van der Waals surface area contributed by atoms with Gasteiger partial charge in [0.2, 0.25) is 0 Å². The zero-order valence-corrected chi connectivity index (χ0v) is 11.1. The van der Waals surface area contributed by atoms with Crippen LogP contribution in [0, 0.1) is 17.8 Å². The molecule has 104 valence electrons. The van der Waals surface area contributed by atoms with Gasteiger partial charge in [-0.1, -0.05) is 45.4 Å². The number of carbonyl (C=O) groups is 2. The molecule has 4 nitrogen and oxygen atoms in total. The van der Waals surface area contributed by atoms with Crippen LogP contribution in [0.1, 0.15) is 58.3 Å². The second kappa shape index (κ2) is 7.39. The Morgan fingerprint density at radius 1 is 1.11 bits per heavy atom. The molecule has 0 amide bonds. The minimum Gasteiger partial charge on any atom is -0.481 e. The molecular weight excluding hydrogens is 232 g/mol. The minimum absolute atomic E-state index is 0.215. The van der Waals surface area contributed by atoms with Crippen molar-refractivity contribution in [2.75, 3.05) is 0 Å². The lowest BCUT2D eigenvalue weighted by molar-refractivity contribution is -0.157. The first-order chi connectivity index (χ1) is 8.56. The number of hydrogen-bond acceptors (Lipinski definition) is 2. The molecule has 0 spiro atoms. The summed E-state index contributed by atoms with van der Waals surface area (Å²) >= 11 is 0. The maximum Gasteiger partial charge on any atom is 0.318 e. The zero-order chi connectivity index (χ0) is 13.5. The predicted octanol–water partition coefficient (Wildman–Crippen LogP) is 3.16. The number of carboxylic acid groups (broad SMARTS) is 2. The van der Waals surface area contributed by atoms with Crippen LogP contribution in [0.15, 0.2) is 0 Å². The summed E-state index contributed by atoms with van der Waals surface area (Å²) in [6, 6.07) is 0. The van der Waals surface area contributed by atoms with Crippen molar-refractivity contribution in [2.24, 2.45) is 17.8 Å². The van der Waals surface area contributed by atoms with Gasteiger partial charge in [-0.05, 0) is 24.7 Å². The Morgan fingerprint density at radius 3 is 2.11 bits per heavy atom. The van der Waals surface area contributed by atoms with Gasteiger partial charge in [-0.2, -0.15) is 0 Å². The van der Waals surface area contributed by atoms with E-state index in [9.17, 15) is 9.59 Å². The van der Waals surface area contributed by atoms with Gasteiger partial charge in [0.25, 0.3) is 0 Å². The first-order valence-corrected chi connectivity index (χ1v) is 7.01. The van der Waals surface area contributed by atoms with E-state index < -0.39 is 17.9 Å². The molecule has 0 saturated heterocycles. The summed E-state index contributed by atoms with van der Waals surface area (Å²) in [5.41, 5.74) is 0. The van der Waals surface area contributed by atoms with Crippen LogP contribution in [-0.4, -0.2) is 22.2 Å². The Morgan fingerprint density at radius 2 is 1.67 bits per heavy atom. The fourth-order valence-electron chi connectivity index (χ4n) is 3.15. The zero-order valence-electron chi connectivity index (χ0n) is 11.1. The summed E-state index contributed by atoms with van der Waals surface area (Å²) in [6.07, 6.45) is 8.22. The van der Waals surface area contributed by atoms with Crippen LogP contribution in [0.2, 0.25) is 0 Å². The molecule has 1 unspecified atom stereocenters. The Hall–Kier alpha value is -1.06. The first kappa shape index (κ1) is 15.0. The fraction of sp³-hybridized carbons (Fsp3) is 0.857. The molecule has 0 aromatic rings. The van der Waals surface area contributed by atoms with Crippen molar-refractivity contribution in [3.05, 3.63) is 0 Å². The third kappa shape index (κ3) is 4.31. The van der Waals surface area contributed by atoms with Crippen LogP contribution in [-0.2, 0) is 9.59 Å². The molecule has 0 aromatic heterocycles. The highest BCUT2D eigenvalue weighted by atomic mass is 16.4. The summed E-state index contributed by atoms with van der Waals surface area (Å²) in [5, 5.41) is 18.2. The first-order valence-electron chi connectivity index (χ1n) is 7.01. The smallest absolute Gasteiger partial charge is 0.318 e. The Balaban J connectivity index is 2.66. The largest absolute Gasteiger partial charge is 0.481 e. The molecule has 0 heterocycles. The van der Waals surface area contributed by atoms with E-state index in [0.717, 1.165) is 25.7 Å². The van der Waals surface area contributed by atoms with E-state index >= 15 is 0 Å². The van der Waals surface area contributed by atoms with Crippen molar-refractivity contribution >= 4 is 11.9 Å². The van der Waals surface area contributed by atoms with Gasteiger partial charge in [-0.15, -0.1) is 0 Å². The highest BCUT2D eigenvalue weighted by molar-refractivity contribution is 5.93. The molecule has 1 atom stereocenters. The van der Waals surface area contributed by atoms with E-state index in [1.54, 1.807) is 0 Å². The summed E-state index contributed by atoms with van der Waals surface area (Å²) in [7, 11) is 0. The lowest BCUT2D eigenvalue weighted by atomic mass is 9.76. The molecule has 1 fully saturated rings. The molecule has 0 aliphatic heterocycles. The predicted molar refractivity (Wildman–Crippen MR) is 68.4 cm³/mol. The van der Waals surface area contributed by atoms with Gasteiger partial charge in [-0.3, -0.25) is 9.59 Å². The van der Waals surface area contributed by atoms with Crippen molar-refractivity contribution in [3.8, 4) is 0 Å². The second-order valence-electron chi connectivity index (χ2n) is 5.44. The quantitative estimate of drug-likeness (QED) is 0.686. The second-order valence-corrected chi connectivity index (χ2v) is 5.44. The number of hydrogen-bond donors (Lipinski definition) is 2. The topological polar surface area (TPSA) is 74.6 Å². The highest BCUT2D eigenvalue weighted by Crippen LogP contribution is 2.34. The molecule has 1 rings (SSSR count). The van der Waals surface area contributed by atoms with Gasteiger partial charge < -0.3 is 10.2 Å². The Labute approximate surface area is 108 Å². The van der Waals surface area contributed by atoms with Crippen LogP contribution in [0.25, 0.3) is 0 Å². The molecule has 18 heavy (non-hydrogen) atoms. The molecule has 0 bridgehead atoms. The van der Waals surface area contributed by atoms with Crippen molar-refractivity contribution in [2.45, 2.75) is 58.3 Å². The van der Waals surface area contributed by atoms with Crippen LogP contribution in [0.4, 0.5) is 0 Å². The third-order valence-corrected chi connectivity index (χ3v) is 4.02. The molecule has 2 N–H and O–H groups in total. The summed E-state index contributed by atoms with van der Waals surface area (Å²) < 4.78 is 0. The highest BCUT2D eigenvalue weighted by Gasteiger charge is 2.35. The van der Waals surface area contributed by atoms with Gasteiger partial charge >= 0.3 is 11.9 Å². The standard InChI is InChI=1S/C14H24O4/c1-2-6-11(12(13(15)16)14(17)18)9-10-7-4-3-5-8-10/h10-12H,2-9H2,1H3,(H,15,16)(H,17,18). The Bertz CT molecular complexity index is 268. The fourth-order valence-corrected chi connectivity index (χ4v) is 3.15. The maximum atomic E-state index is 11.1. The molecule has 1 aliphatic rings. The Kier molecular flexibility index (Phi) is 6.16. The average Bonchev–Trinajstić information content (AvgIpc) is 2.29. The SMILES string of the molecule is CCCC(CC1CCCCC1)C(C(=O)O)C(=O)O. The number of rotatable bonds is 7. The van der Waals surface area contributed by atoms with Gasteiger partial charge in [0.1, 0.15) is 0 Å². The number of carboxylic acids is 2. The molecule has 4 heteroatoms. The van der Waals surface area contributed by atoms with E-state index in [1.165, 1.54) is 19.3 Å². The van der Waals surface area contributed by atoms with E-state index in [0.29, 0.717) is 12.3 Å². The van der Waals surface area contributed by atoms with Gasteiger partial charge in [0.05, 0.1) is 0 Å². The molecule has 1 aliphatic carbocycles. The van der Waals surface area contributed by atoms with Crippen LogP contribution in [0.5, 0.6) is 0 Å². The van der Waals surface area contributed by atoms with E-state index in [4.69, 9.17) is 10.2 Å². The van der Waals surface area contributed by atoms with Crippen LogP contribution >= 0.6 is 0 Å². The summed E-state index contributed by atoms with van der Waals surface area (Å²) in [4.78, 5) is 22.2. The average molecular weight is 256 g/mol. The van der Waals surface area contributed by atoms with Crippen molar-refractivity contribution in [3.63, 3.8) is 0 Å². The monoisotopic (exact) mass is 256 g/mol. The van der Waals surface area contributed by atoms with Crippen LogP contribution < -0.4 is 0 Å². The van der Waals surface area contributed by atoms with Crippen LogP contribution in [0.3, 0.4) is 0 Å². The maximum absolute atomic E-state index is 11.1. The molecular formula is C14H24O4. The molecule has 1 saturated carbocycles. The minimum atomic E-state index is -1.23. The van der Waals surface area contributed by atoms with Crippen molar-refractivity contribution in [1.29, 1.82) is 0 Å². The summed E-state index contributed by atoms with van der Waals surface area (Å²) in [6.45, 7) is 1.98. The lowest BCUT2D eigenvalue weighted by Crippen LogP contribution is -2.32. The van der Waals surface area contributed by atoms with E-state index in [-0.39, 0.29) is 5.92 Å². The van der Waals surface area contributed by atoms with E-state index in [2.05, 4.69) is 0 Å².